The molecule has 0 saturated heterocycles. The van der Waals surface area contributed by atoms with E-state index in [0.29, 0.717) is 25.5 Å². The van der Waals surface area contributed by atoms with Crippen molar-refractivity contribution in [2.24, 2.45) is 12.0 Å². The lowest BCUT2D eigenvalue weighted by molar-refractivity contribution is -0.116. The lowest BCUT2D eigenvalue weighted by atomic mass is 10.2. The monoisotopic (exact) mass is 548 g/mol. The highest BCUT2D eigenvalue weighted by atomic mass is 127. The van der Waals surface area contributed by atoms with Crippen LogP contribution in [0.2, 0.25) is 0 Å². The standard InChI is InChI=1S/C18H25BrN6O.HI/c1-12-16(13(2)25(4)24-12)11-22-18(20-3)21-10-9-17(26)23-15-7-5-14(19)6-8-15;/h5-8H,9-11H2,1-4H3,(H,23,26)(H2,20,21,22);1H. The van der Waals surface area contributed by atoms with Gasteiger partial charge in [0.1, 0.15) is 0 Å². The number of hydrogen-bond acceptors (Lipinski definition) is 3. The number of carbonyl (C=O) groups is 1. The number of halogens is 2. The molecule has 1 aromatic heterocycles. The van der Waals surface area contributed by atoms with Gasteiger partial charge in [-0.3, -0.25) is 14.5 Å². The number of nitrogens with one attached hydrogen (secondary N) is 3. The molecule has 0 bridgehead atoms. The van der Waals surface area contributed by atoms with E-state index in [1.165, 1.54) is 0 Å². The Labute approximate surface area is 185 Å². The molecule has 0 fully saturated rings. The van der Waals surface area contributed by atoms with Gasteiger partial charge in [-0.1, -0.05) is 15.9 Å². The largest absolute Gasteiger partial charge is 0.356 e. The van der Waals surface area contributed by atoms with Crippen molar-refractivity contribution in [1.29, 1.82) is 0 Å². The summed E-state index contributed by atoms with van der Waals surface area (Å²) in [6.07, 6.45) is 0.349. The third-order valence-corrected chi connectivity index (χ3v) is 4.62. The molecule has 2 aromatic rings. The maximum absolute atomic E-state index is 12.0. The SMILES string of the molecule is CN=C(NCCC(=O)Nc1ccc(Br)cc1)NCc1c(C)nn(C)c1C.I. The van der Waals surface area contributed by atoms with Gasteiger partial charge < -0.3 is 16.0 Å². The van der Waals surface area contributed by atoms with Crippen molar-refractivity contribution in [3.05, 3.63) is 45.7 Å². The molecule has 0 spiro atoms. The molecule has 27 heavy (non-hydrogen) atoms. The van der Waals surface area contributed by atoms with Crippen molar-refractivity contribution in [1.82, 2.24) is 20.4 Å². The molecule has 0 aliphatic heterocycles. The minimum Gasteiger partial charge on any atom is -0.356 e. The van der Waals surface area contributed by atoms with Crippen molar-refractivity contribution in [2.45, 2.75) is 26.8 Å². The van der Waals surface area contributed by atoms with E-state index in [2.05, 4.69) is 42.0 Å². The highest BCUT2D eigenvalue weighted by molar-refractivity contribution is 14.0. The summed E-state index contributed by atoms with van der Waals surface area (Å²) >= 11 is 3.37. The number of aryl methyl sites for hydroxylation is 2. The van der Waals surface area contributed by atoms with E-state index < -0.39 is 0 Å². The lowest BCUT2D eigenvalue weighted by Crippen LogP contribution is -2.38. The average Bonchev–Trinajstić information content (AvgIpc) is 2.85. The van der Waals surface area contributed by atoms with Crippen LogP contribution in [0, 0.1) is 13.8 Å². The number of aliphatic imine (C=N–C) groups is 1. The van der Waals surface area contributed by atoms with Crippen LogP contribution < -0.4 is 16.0 Å². The van der Waals surface area contributed by atoms with Crippen LogP contribution in [0.5, 0.6) is 0 Å². The second-order valence-corrected chi connectivity index (χ2v) is 6.85. The number of hydrogen-bond donors (Lipinski definition) is 3. The van der Waals surface area contributed by atoms with Gasteiger partial charge in [0.05, 0.1) is 5.69 Å². The summed E-state index contributed by atoms with van der Waals surface area (Å²) in [4.78, 5) is 16.2. The zero-order valence-corrected chi connectivity index (χ0v) is 19.9. The van der Waals surface area contributed by atoms with Gasteiger partial charge >= 0.3 is 0 Å². The number of aromatic nitrogens is 2. The predicted molar refractivity (Wildman–Crippen MR) is 124 cm³/mol. The lowest BCUT2D eigenvalue weighted by Gasteiger charge is -2.12. The zero-order chi connectivity index (χ0) is 19.1. The van der Waals surface area contributed by atoms with E-state index in [4.69, 9.17) is 0 Å². The molecule has 148 valence electrons. The maximum Gasteiger partial charge on any atom is 0.226 e. The van der Waals surface area contributed by atoms with Crippen LogP contribution in [0.4, 0.5) is 5.69 Å². The number of carbonyl (C=O) groups excluding carboxylic acids is 1. The van der Waals surface area contributed by atoms with Gasteiger partial charge in [-0.2, -0.15) is 5.10 Å². The normalized spacial score (nSPS) is 10.9. The Morgan fingerprint density at radius 1 is 1.22 bits per heavy atom. The number of benzene rings is 1. The molecule has 1 aromatic carbocycles. The number of nitrogens with zero attached hydrogens (tertiary/aromatic N) is 3. The number of guanidine groups is 1. The first-order chi connectivity index (χ1) is 12.4. The van der Waals surface area contributed by atoms with Crippen LogP contribution in [0.3, 0.4) is 0 Å². The summed E-state index contributed by atoms with van der Waals surface area (Å²) in [5.41, 5.74) is 4.06. The fourth-order valence-electron chi connectivity index (χ4n) is 2.52. The summed E-state index contributed by atoms with van der Waals surface area (Å²) < 4.78 is 2.85. The Morgan fingerprint density at radius 3 is 2.44 bits per heavy atom. The molecule has 0 unspecified atom stereocenters. The third kappa shape index (κ3) is 7.13. The van der Waals surface area contributed by atoms with E-state index >= 15 is 0 Å². The molecular weight excluding hydrogens is 523 g/mol. The predicted octanol–water partition coefficient (Wildman–Crippen LogP) is 3.11. The molecular formula is C18H26BrIN6O. The van der Waals surface area contributed by atoms with Gasteiger partial charge in [-0.15, -0.1) is 24.0 Å². The summed E-state index contributed by atoms with van der Waals surface area (Å²) in [5, 5.41) is 13.7. The van der Waals surface area contributed by atoms with E-state index in [1.54, 1.807) is 7.05 Å². The number of amides is 1. The Bertz CT molecular complexity index is 788. The summed E-state index contributed by atoms with van der Waals surface area (Å²) in [6, 6.07) is 7.49. The third-order valence-electron chi connectivity index (χ3n) is 4.09. The highest BCUT2D eigenvalue weighted by Gasteiger charge is 2.10. The summed E-state index contributed by atoms with van der Waals surface area (Å²) in [7, 11) is 3.64. The fraction of sp³-hybridized carbons (Fsp3) is 0.389. The van der Waals surface area contributed by atoms with Gasteiger partial charge in [-0.05, 0) is 38.1 Å². The second kappa shape index (κ2) is 11.3. The van der Waals surface area contributed by atoms with Crippen molar-refractivity contribution < 1.29 is 4.79 Å². The molecule has 3 N–H and O–H groups in total. The number of anilines is 1. The Hall–Kier alpha value is -1.62. The minimum absolute atomic E-state index is 0. The van der Waals surface area contributed by atoms with E-state index in [9.17, 15) is 4.79 Å². The topological polar surface area (TPSA) is 83.3 Å². The van der Waals surface area contributed by atoms with E-state index in [1.807, 2.05) is 49.8 Å². The molecule has 0 aliphatic carbocycles. The van der Waals surface area contributed by atoms with E-state index in [0.717, 1.165) is 27.1 Å². The van der Waals surface area contributed by atoms with Crippen molar-refractivity contribution >= 4 is 57.5 Å². The molecule has 1 amide bonds. The fourth-order valence-corrected chi connectivity index (χ4v) is 2.78. The van der Waals surface area contributed by atoms with Crippen LogP contribution in [0.1, 0.15) is 23.4 Å². The molecule has 0 atom stereocenters. The summed E-state index contributed by atoms with van der Waals surface area (Å²) in [5.74, 6) is 0.610. The van der Waals surface area contributed by atoms with Crippen molar-refractivity contribution in [3.8, 4) is 0 Å². The van der Waals surface area contributed by atoms with Crippen LogP contribution in [0.15, 0.2) is 33.7 Å². The minimum atomic E-state index is -0.0470. The van der Waals surface area contributed by atoms with Gasteiger partial charge in [-0.25, -0.2) is 0 Å². The van der Waals surface area contributed by atoms with Crippen LogP contribution in [-0.4, -0.2) is 35.2 Å². The number of rotatable bonds is 6. The molecule has 7 nitrogen and oxygen atoms in total. The first-order valence-electron chi connectivity index (χ1n) is 8.39. The van der Waals surface area contributed by atoms with Gasteiger partial charge in [0.15, 0.2) is 5.96 Å². The van der Waals surface area contributed by atoms with E-state index in [-0.39, 0.29) is 29.9 Å². The van der Waals surface area contributed by atoms with Crippen LogP contribution >= 0.6 is 39.9 Å². The summed E-state index contributed by atoms with van der Waals surface area (Å²) in [6.45, 7) is 5.16. The van der Waals surface area contributed by atoms with Gasteiger partial charge in [0.2, 0.25) is 5.91 Å². The Kier molecular flexibility index (Phi) is 9.78. The highest BCUT2D eigenvalue weighted by Crippen LogP contribution is 2.14. The molecule has 2 rings (SSSR count). The Balaban J connectivity index is 0.00000364. The van der Waals surface area contributed by atoms with Gasteiger partial charge in [0, 0.05) is 55.0 Å². The molecule has 1 heterocycles. The average molecular weight is 549 g/mol. The quantitative estimate of drug-likeness (QED) is 0.294. The molecule has 0 radical (unpaired) electrons. The zero-order valence-electron chi connectivity index (χ0n) is 16.0. The van der Waals surface area contributed by atoms with Crippen molar-refractivity contribution in [3.63, 3.8) is 0 Å². The van der Waals surface area contributed by atoms with Gasteiger partial charge in [0.25, 0.3) is 0 Å². The van der Waals surface area contributed by atoms with Crippen molar-refractivity contribution in [2.75, 3.05) is 18.9 Å². The smallest absolute Gasteiger partial charge is 0.226 e. The Morgan fingerprint density at radius 2 is 1.89 bits per heavy atom. The molecule has 0 aliphatic rings. The van der Waals surface area contributed by atoms with Crippen LogP contribution in [0.25, 0.3) is 0 Å². The second-order valence-electron chi connectivity index (χ2n) is 5.93. The first-order valence-corrected chi connectivity index (χ1v) is 9.19. The first kappa shape index (κ1) is 23.4. The molecule has 0 saturated carbocycles. The molecule has 9 heteroatoms. The maximum atomic E-state index is 12.0. The van der Waals surface area contributed by atoms with Crippen LogP contribution in [-0.2, 0) is 18.4 Å².